The van der Waals surface area contributed by atoms with Gasteiger partial charge in [0, 0.05) is 30.7 Å². The molecule has 21 heavy (non-hydrogen) atoms. The molecule has 0 bridgehead atoms. The van der Waals surface area contributed by atoms with Gasteiger partial charge in [-0.15, -0.1) is 0 Å². The van der Waals surface area contributed by atoms with Gasteiger partial charge in [-0.05, 0) is 45.7 Å². The van der Waals surface area contributed by atoms with Crippen LogP contribution in [0.1, 0.15) is 64.7 Å². The predicted molar refractivity (Wildman–Crippen MR) is 89.5 cm³/mol. The number of nitrogens with one attached hydrogen (secondary N) is 1. The Balaban J connectivity index is 1.89. The molecule has 0 aliphatic heterocycles. The first-order chi connectivity index (χ1) is 10.0. The lowest BCUT2D eigenvalue weighted by Crippen LogP contribution is -2.55. The summed E-state index contributed by atoms with van der Waals surface area (Å²) in [6.45, 7) is 4.82. The van der Waals surface area contributed by atoms with Crippen molar-refractivity contribution in [2.45, 2.75) is 70.3 Å². The quantitative estimate of drug-likeness (QED) is 0.791. The summed E-state index contributed by atoms with van der Waals surface area (Å²) in [7, 11) is 4.48. The monoisotopic (exact) mass is 296 g/mol. The van der Waals surface area contributed by atoms with Crippen molar-refractivity contribution in [1.82, 2.24) is 10.2 Å². The minimum absolute atomic E-state index is 0.159. The Labute approximate surface area is 131 Å². The summed E-state index contributed by atoms with van der Waals surface area (Å²) in [5, 5.41) is 13.6. The van der Waals surface area contributed by atoms with Crippen molar-refractivity contribution >= 4 is 0 Å². The molecular weight excluding hydrogens is 260 g/mol. The fraction of sp³-hybridized carbons (Fsp3) is 1.00. The third-order valence-corrected chi connectivity index (χ3v) is 6.22. The number of nitrogens with zero attached hydrogens (tertiary/aromatic N) is 1. The van der Waals surface area contributed by atoms with Crippen LogP contribution in [0.2, 0.25) is 0 Å². The van der Waals surface area contributed by atoms with Crippen LogP contribution in [0, 0.1) is 11.3 Å². The largest absolute Gasteiger partial charge is 0.396 e. The van der Waals surface area contributed by atoms with Crippen molar-refractivity contribution in [2.24, 2.45) is 11.3 Å². The second kappa shape index (κ2) is 7.43. The van der Waals surface area contributed by atoms with Gasteiger partial charge >= 0.3 is 0 Å². The molecule has 0 radical (unpaired) electrons. The number of aliphatic hydroxyl groups is 1. The van der Waals surface area contributed by atoms with Gasteiger partial charge < -0.3 is 15.3 Å². The molecule has 2 fully saturated rings. The molecule has 2 aliphatic rings. The molecule has 0 aromatic rings. The molecule has 3 nitrogen and oxygen atoms in total. The zero-order valence-electron chi connectivity index (χ0n) is 14.5. The van der Waals surface area contributed by atoms with Crippen molar-refractivity contribution in [2.75, 3.05) is 33.8 Å². The number of aliphatic hydroxyl groups excluding tert-OH is 1. The molecule has 2 aliphatic carbocycles. The van der Waals surface area contributed by atoms with Crippen LogP contribution in [0.15, 0.2) is 0 Å². The molecule has 2 rings (SSSR count). The predicted octanol–water partition coefficient (Wildman–Crippen LogP) is 3.03. The molecule has 0 spiro atoms. The Hall–Kier alpha value is -0.120. The lowest BCUT2D eigenvalue weighted by Gasteiger charge is -2.46. The normalized spacial score (nSPS) is 33.3. The van der Waals surface area contributed by atoms with E-state index in [0.717, 1.165) is 19.0 Å². The van der Waals surface area contributed by atoms with Gasteiger partial charge in [0.15, 0.2) is 0 Å². The van der Waals surface area contributed by atoms with Crippen molar-refractivity contribution in [3.63, 3.8) is 0 Å². The highest BCUT2D eigenvalue weighted by Crippen LogP contribution is 2.37. The summed E-state index contributed by atoms with van der Waals surface area (Å²) < 4.78 is 0. The maximum Gasteiger partial charge on any atom is 0.0499 e. The molecule has 2 atom stereocenters. The number of likely N-dealkylation sites (N-methyl/N-ethyl adjacent to an activating group) is 1. The smallest absolute Gasteiger partial charge is 0.0499 e. The van der Waals surface area contributed by atoms with Crippen molar-refractivity contribution in [3.05, 3.63) is 0 Å². The highest BCUT2D eigenvalue weighted by molar-refractivity contribution is 4.95. The molecule has 2 N–H and O–H groups in total. The van der Waals surface area contributed by atoms with Crippen LogP contribution in [-0.4, -0.2) is 49.3 Å². The first-order valence-corrected chi connectivity index (χ1v) is 9.01. The third kappa shape index (κ3) is 4.20. The van der Waals surface area contributed by atoms with Crippen LogP contribution in [0.25, 0.3) is 0 Å². The van der Waals surface area contributed by atoms with Crippen LogP contribution in [0.4, 0.5) is 0 Å². The summed E-state index contributed by atoms with van der Waals surface area (Å²) in [6.07, 6.45) is 11.7. The highest BCUT2D eigenvalue weighted by atomic mass is 16.3. The zero-order chi connectivity index (χ0) is 15.3. The highest BCUT2D eigenvalue weighted by Gasteiger charge is 2.38. The topological polar surface area (TPSA) is 35.5 Å². The Morgan fingerprint density at radius 3 is 2.33 bits per heavy atom. The van der Waals surface area contributed by atoms with Crippen molar-refractivity contribution in [3.8, 4) is 0 Å². The first-order valence-electron chi connectivity index (χ1n) is 9.01. The Morgan fingerprint density at radius 1 is 1.05 bits per heavy atom. The molecule has 0 aromatic carbocycles. The Morgan fingerprint density at radius 2 is 1.76 bits per heavy atom. The lowest BCUT2D eigenvalue weighted by atomic mass is 9.73. The van der Waals surface area contributed by atoms with E-state index >= 15 is 0 Å². The number of hydrogen-bond donors (Lipinski definition) is 2. The van der Waals surface area contributed by atoms with Gasteiger partial charge in [0.05, 0.1) is 0 Å². The summed E-state index contributed by atoms with van der Waals surface area (Å²) in [6, 6.07) is 0. The molecule has 0 amide bonds. The van der Waals surface area contributed by atoms with Crippen molar-refractivity contribution in [1.29, 1.82) is 0 Å². The van der Waals surface area contributed by atoms with Gasteiger partial charge in [0.1, 0.15) is 0 Å². The number of hydrogen-bond acceptors (Lipinski definition) is 3. The van der Waals surface area contributed by atoms with Crippen LogP contribution in [0.5, 0.6) is 0 Å². The van der Waals surface area contributed by atoms with E-state index in [1.807, 2.05) is 0 Å². The summed E-state index contributed by atoms with van der Waals surface area (Å²) in [5.74, 6) is 0.837. The average Bonchev–Trinajstić information content (AvgIpc) is 2.48. The zero-order valence-corrected chi connectivity index (χ0v) is 14.5. The fourth-order valence-corrected chi connectivity index (χ4v) is 4.61. The van der Waals surface area contributed by atoms with Crippen LogP contribution < -0.4 is 5.32 Å². The minimum Gasteiger partial charge on any atom is -0.396 e. The standard InChI is InChI=1S/C18H36N2O/c1-16-8-7-11-18(12-16,20(2)3)14-19-13-17(15-21)9-5-4-6-10-17/h16,19,21H,4-15H2,1-3H3. The van der Waals surface area contributed by atoms with Gasteiger partial charge in [-0.25, -0.2) is 0 Å². The second-order valence-electron chi connectivity index (χ2n) is 8.14. The molecular formula is C18H36N2O. The second-order valence-corrected chi connectivity index (χ2v) is 8.14. The van der Waals surface area contributed by atoms with E-state index in [4.69, 9.17) is 0 Å². The Bertz CT molecular complexity index is 312. The van der Waals surface area contributed by atoms with E-state index in [1.165, 1.54) is 57.8 Å². The molecule has 2 saturated carbocycles. The first kappa shape index (κ1) is 17.2. The number of rotatable bonds is 6. The van der Waals surface area contributed by atoms with Gasteiger partial charge in [-0.3, -0.25) is 0 Å². The molecule has 3 heteroatoms. The fourth-order valence-electron chi connectivity index (χ4n) is 4.61. The van der Waals surface area contributed by atoms with Crippen LogP contribution in [0.3, 0.4) is 0 Å². The van der Waals surface area contributed by atoms with E-state index in [2.05, 4.69) is 31.2 Å². The minimum atomic E-state index is 0.159. The molecule has 2 unspecified atom stereocenters. The van der Waals surface area contributed by atoms with Gasteiger partial charge in [-0.1, -0.05) is 39.0 Å². The summed E-state index contributed by atoms with van der Waals surface area (Å²) >= 11 is 0. The van der Waals surface area contributed by atoms with Crippen LogP contribution in [-0.2, 0) is 0 Å². The third-order valence-electron chi connectivity index (χ3n) is 6.22. The van der Waals surface area contributed by atoms with E-state index in [-0.39, 0.29) is 5.41 Å². The summed E-state index contributed by atoms with van der Waals surface area (Å²) in [4.78, 5) is 2.45. The molecule has 0 saturated heterocycles. The van der Waals surface area contributed by atoms with Crippen LogP contribution >= 0.6 is 0 Å². The Kier molecular flexibility index (Phi) is 6.10. The lowest BCUT2D eigenvalue weighted by molar-refractivity contribution is 0.0536. The molecule has 124 valence electrons. The summed E-state index contributed by atoms with van der Waals surface area (Å²) in [5.41, 5.74) is 0.481. The van der Waals surface area contributed by atoms with Gasteiger partial charge in [-0.2, -0.15) is 0 Å². The van der Waals surface area contributed by atoms with E-state index < -0.39 is 0 Å². The SMILES string of the molecule is CC1CCCC(CNCC2(CO)CCCCC2)(N(C)C)C1. The maximum absolute atomic E-state index is 9.84. The van der Waals surface area contributed by atoms with Gasteiger partial charge in [0.25, 0.3) is 0 Å². The average molecular weight is 296 g/mol. The molecule has 0 heterocycles. The van der Waals surface area contributed by atoms with E-state index in [1.54, 1.807) is 0 Å². The van der Waals surface area contributed by atoms with Crippen molar-refractivity contribution < 1.29 is 5.11 Å². The molecule has 0 aromatic heterocycles. The maximum atomic E-state index is 9.84. The van der Waals surface area contributed by atoms with E-state index in [9.17, 15) is 5.11 Å². The van der Waals surface area contributed by atoms with Gasteiger partial charge in [0.2, 0.25) is 0 Å². The van der Waals surface area contributed by atoms with E-state index in [0.29, 0.717) is 12.1 Å².